The SMILES string of the molecule is CN(CCO)CC(=O)Nc1c(N)cc(Cl)cc1Cl. The number of likely N-dealkylation sites (N-methyl/N-ethyl adjacent to an activating group) is 1. The summed E-state index contributed by atoms with van der Waals surface area (Å²) >= 11 is 11.7. The molecule has 0 saturated heterocycles. The van der Waals surface area contributed by atoms with Crippen LogP contribution in [0.2, 0.25) is 10.0 Å². The number of nitrogens with two attached hydrogens (primary N) is 1. The third kappa shape index (κ3) is 4.34. The molecular formula is C11H15Cl2N3O2. The molecule has 0 aliphatic carbocycles. The highest BCUT2D eigenvalue weighted by Gasteiger charge is 2.12. The van der Waals surface area contributed by atoms with E-state index in [0.29, 0.717) is 22.9 Å². The first-order valence-corrected chi connectivity index (χ1v) is 6.03. The van der Waals surface area contributed by atoms with Crippen molar-refractivity contribution in [3.8, 4) is 0 Å². The average molecular weight is 292 g/mol. The lowest BCUT2D eigenvalue weighted by atomic mass is 10.2. The van der Waals surface area contributed by atoms with Gasteiger partial charge in [0.15, 0.2) is 0 Å². The number of rotatable bonds is 5. The predicted molar refractivity (Wildman–Crippen MR) is 74.1 cm³/mol. The summed E-state index contributed by atoms with van der Waals surface area (Å²) in [5.41, 5.74) is 6.38. The maximum Gasteiger partial charge on any atom is 0.238 e. The van der Waals surface area contributed by atoms with Crippen molar-refractivity contribution in [2.75, 3.05) is 37.8 Å². The molecule has 100 valence electrons. The molecule has 0 aliphatic heterocycles. The molecule has 5 nitrogen and oxygen atoms in total. The van der Waals surface area contributed by atoms with Crippen molar-refractivity contribution in [2.24, 2.45) is 0 Å². The first kappa shape index (κ1) is 15.0. The number of carbonyl (C=O) groups is 1. The second kappa shape index (κ2) is 6.80. The van der Waals surface area contributed by atoms with Crippen molar-refractivity contribution in [1.82, 2.24) is 4.90 Å². The fourth-order valence-corrected chi connectivity index (χ4v) is 1.96. The largest absolute Gasteiger partial charge is 0.397 e. The lowest BCUT2D eigenvalue weighted by Crippen LogP contribution is -2.32. The fraction of sp³-hybridized carbons (Fsp3) is 0.364. The summed E-state index contributed by atoms with van der Waals surface area (Å²) in [7, 11) is 1.72. The minimum atomic E-state index is -0.262. The van der Waals surface area contributed by atoms with E-state index in [0.717, 1.165) is 0 Å². The van der Waals surface area contributed by atoms with Crippen molar-refractivity contribution in [3.63, 3.8) is 0 Å². The molecule has 4 N–H and O–H groups in total. The van der Waals surface area contributed by atoms with Crippen molar-refractivity contribution in [3.05, 3.63) is 22.2 Å². The molecule has 0 radical (unpaired) electrons. The van der Waals surface area contributed by atoms with E-state index in [9.17, 15) is 4.79 Å². The maximum atomic E-state index is 11.7. The van der Waals surface area contributed by atoms with Crippen LogP contribution in [0.4, 0.5) is 11.4 Å². The number of aliphatic hydroxyl groups excluding tert-OH is 1. The molecule has 18 heavy (non-hydrogen) atoms. The molecule has 1 aromatic rings. The molecule has 1 aromatic carbocycles. The van der Waals surface area contributed by atoms with Crippen molar-refractivity contribution < 1.29 is 9.90 Å². The number of nitrogens with one attached hydrogen (secondary N) is 1. The first-order valence-electron chi connectivity index (χ1n) is 5.27. The fourth-order valence-electron chi connectivity index (χ4n) is 1.40. The van der Waals surface area contributed by atoms with Crippen LogP contribution in [0.3, 0.4) is 0 Å². The Morgan fingerprint density at radius 3 is 2.72 bits per heavy atom. The van der Waals surface area contributed by atoms with Crippen molar-refractivity contribution in [2.45, 2.75) is 0 Å². The highest BCUT2D eigenvalue weighted by molar-refractivity contribution is 6.37. The zero-order valence-electron chi connectivity index (χ0n) is 9.91. The highest BCUT2D eigenvalue weighted by Crippen LogP contribution is 2.31. The number of anilines is 2. The van der Waals surface area contributed by atoms with Crippen LogP contribution in [0.15, 0.2) is 12.1 Å². The van der Waals surface area contributed by atoms with Crippen LogP contribution in [-0.2, 0) is 4.79 Å². The van der Waals surface area contributed by atoms with Gasteiger partial charge in [-0.2, -0.15) is 0 Å². The summed E-state index contributed by atoms with van der Waals surface area (Å²) in [5.74, 6) is -0.262. The summed E-state index contributed by atoms with van der Waals surface area (Å²) in [6.07, 6.45) is 0. The van der Waals surface area contributed by atoms with Gasteiger partial charge in [0.05, 0.1) is 29.5 Å². The zero-order chi connectivity index (χ0) is 13.7. The smallest absolute Gasteiger partial charge is 0.238 e. The van der Waals surface area contributed by atoms with Crippen molar-refractivity contribution in [1.29, 1.82) is 0 Å². The standard InChI is InChI=1S/C11H15Cl2N3O2/c1-16(2-3-17)6-10(18)15-11-8(13)4-7(12)5-9(11)14/h4-5,17H,2-3,6,14H2,1H3,(H,15,18). The number of halogens is 2. The Balaban J connectivity index is 2.70. The summed E-state index contributed by atoms with van der Waals surface area (Å²) in [4.78, 5) is 13.4. The van der Waals surface area contributed by atoms with E-state index in [4.69, 9.17) is 34.0 Å². The van der Waals surface area contributed by atoms with E-state index in [1.807, 2.05) is 0 Å². The molecule has 0 spiro atoms. The summed E-state index contributed by atoms with van der Waals surface area (Å²) in [6, 6.07) is 3.02. The molecule has 7 heteroatoms. The monoisotopic (exact) mass is 291 g/mol. The zero-order valence-corrected chi connectivity index (χ0v) is 11.4. The molecule has 0 bridgehead atoms. The predicted octanol–water partition coefficient (Wildman–Crippen LogP) is 1.44. The summed E-state index contributed by atoms with van der Waals surface area (Å²) < 4.78 is 0. The minimum absolute atomic E-state index is 0.00633. The van der Waals surface area contributed by atoms with Crippen LogP contribution in [0.1, 0.15) is 0 Å². The van der Waals surface area contributed by atoms with Gasteiger partial charge in [-0.25, -0.2) is 0 Å². The molecule has 0 saturated carbocycles. The number of amides is 1. The van der Waals surface area contributed by atoms with E-state index >= 15 is 0 Å². The van der Waals surface area contributed by atoms with Gasteiger partial charge in [0, 0.05) is 11.6 Å². The Bertz CT molecular complexity index is 417. The lowest BCUT2D eigenvalue weighted by molar-refractivity contribution is -0.117. The number of hydrogen-bond acceptors (Lipinski definition) is 4. The van der Waals surface area contributed by atoms with Crippen LogP contribution in [-0.4, -0.2) is 42.7 Å². The molecule has 0 fully saturated rings. The Hall–Kier alpha value is -1.01. The van der Waals surface area contributed by atoms with Crippen LogP contribution < -0.4 is 11.1 Å². The third-order valence-corrected chi connectivity index (χ3v) is 2.76. The Morgan fingerprint density at radius 2 is 2.17 bits per heavy atom. The van der Waals surface area contributed by atoms with E-state index in [1.54, 1.807) is 11.9 Å². The Kier molecular flexibility index (Phi) is 5.68. The number of nitrogen functional groups attached to an aromatic ring is 1. The minimum Gasteiger partial charge on any atom is -0.397 e. The third-order valence-electron chi connectivity index (χ3n) is 2.25. The Labute approximate surface area is 115 Å². The molecule has 0 atom stereocenters. The van der Waals surface area contributed by atoms with E-state index in [-0.39, 0.29) is 24.1 Å². The van der Waals surface area contributed by atoms with Crippen LogP contribution >= 0.6 is 23.2 Å². The molecule has 0 heterocycles. The number of nitrogens with zero attached hydrogens (tertiary/aromatic N) is 1. The number of hydrogen-bond donors (Lipinski definition) is 3. The van der Waals surface area contributed by atoms with Crippen molar-refractivity contribution >= 4 is 40.5 Å². The van der Waals surface area contributed by atoms with E-state index < -0.39 is 0 Å². The van der Waals surface area contributed by atoms with Crippen LogP contribution in [0, 0.1) is 0 Å². The van der Waals surface area contributed by atoms with Gasteiger partial charge in [0.1, 0.15) is 0 Å². The second-order valence-electron chi connectivity index (χ2n) is 3.86. The van der Waals surface area contributed by atoms with E-state index in [2.05, 4.69) is 5.32 Å². The number of carbonyl (C=O) groups excluding carboxylic acids is 1. The van der Waals surface area contributed by atoms with Crippen LogP contribution in [0.25, 0.3) is 0 Å². The molecule has 1 rings (SSSR count). The topological polar surface area (TPSA) is 78.6 Å². The summed E-state index contributed by atoms with van der Waals surface area (Å²) in [6.45, 7) is 0.545. The molecule has 0 aliphatic rings. The number of aliphatic hydroxyl groups is 1. The highest BCUT2D eigenvalue weighted by atomic mass is 35.5. The first-order chi connectivity index (χ1) is 8.43. The van der Waals surface area contributed by atoms with Gasteiger partial charge in [-0.1, -0.05) is 23.2 Å². The van der Waals surface area contributed by atoms with Gasteiger partial charge in [0.25, 0.3) is 0 Å². The van der Waals surface area contributed by atoms with Gasteiger partial charge >= 0.3 is 0 Å². The molecule has 0 aromatic heterocycles. The lowest BCUT2D eigenvalue weighted by Gasteiger charge is -2.16. The number of benzene rings is 1. The van der Waals surface area contributed by atoms with Gasteiger partial charge in [-0.3, -0.25) is 9.69 Å². The van der Waals surface area contributed by atoms with Crippen LogP contribution in [0.5, 0.6) is 0 Å². The van der Waals surface area contributed by atoms with E-state index in [1.165, 1.54) is 12.1 Å². The normalized spacial score (nSPS) is 10.7. The summed E-state index contributed by atoms with van der Waals surface area (Å²) in [5, 5.41) is 12.0. The maximum absolute atomic E-state index is 11.7. The van der Waals surface area contributed by atoms with Gasteiger partial charge < -0.3 is 16.2 Å². The Morgan fingerprint density at radius 1 is 1.50 bits per heavy atom. The van der Waals surface area contributed by atoms with Gasteiger partial charge in [0.2, 0.25) is 5.91 Å². The molecule has 1 amide bonds. The van der Waals surface area contributed by atoms with Gasteiger partial charge in [-0.05, 0) is 19.2 Å². The molecule has 0 unspecified atom stereocenters. The molecular weight excluding hydrogens is 277 g/mol. The van der Waals surface area contributed by atoms with Gasteiger partial charge in [-0.15, -0.1) is 0 Å². The average Bonchev–Trinajstić information content (AvgIpc) is 2.23. The second-order valence-corrected chi connectivity index (χ2v) is 4.71. The quantitative estimate of drug-likeness (QED) is 0.718.